The van der Waals surface area contributed by atoms with Crippen LogP contribution in [0.15, 0.2) is 36.9 Å². The predicted molar refractivity (Wildman–Crippen MR) is 133 cm³/mol. The Balaban J connectivity index is 1.40. The number of halogens is 1. The molecule has 1 aliphatic carbocycles. The van der Waals surface area contributed by atoms with Crippen LogP contribution in [0.25, 0.3) is 22.5 Å². The molecule has 0 amide bonds. The highest BCUT2D eigenvalue weighted by atomic mass is 19.1. The molecule has 4 bridgehead atoms. The Morgan fingerprint density at radius 2 is 2.03 bits per heavy atom. The molecule has 1 fully saturated rings. The van der Waals surface area contributed by atoms with Gasteiger partial charge in [-0.15, -0.1) is 5.10 Å². The van der Waals surface area contributed by atoms with Gasteiger partial charge in [-0.2, -0.15) is 5.10 Å². The lowest BCUT2D eigenvalue weighted by Gasteiger charge is -2.19. The van der Waals surface area contributed by atoms with Gasteiger partial charge in [0, 0.05) is 43.7 Å². The van der Waals surface area contributed by atoms with Gasteiger partial charge < -0.3 is 19.5 Å². The summed E-state index contributed by atoms with van der Waals surface area (Å²) in [7, 11) is 1.81. The Morgan fingerprint density at radius 3 is 2.86 bits per heavy atom. The van der Waals surface area contributed by atoms with Crippen molar-refractivity contribution in [3.63, 3.8) is 0 Å². The van der Waals surface area contributed by atoms with Gasteiger partial charge in [-0.25, -0.2) is 24.0 Å². The van der Waals surface area contributed by atoms with E-state index in [0.717, 1.165) is 12.8 Å². The maximum absolute atomic E-state index is 12.9. The number of fused-ring (bicyclic) bond motifs is 6. The molecule has 1 N–H and O–H groups in total. The van der Waals surface area contributed by atoms with Crippen LogP contribution >= 0.6 is 0 Å². The lowest BCUT2D eigenvalue weighted by molar-refractivity contribution is 0.173. The van der Waals surface area contributed by atoms with Crippen LogP contribution in [-0.4, -0.2) is 60.5 Å². The number of nitrogens with one attached hydrogen (secondary N) is 1. The molecule has 1 saturated carbocycles. The van der Waals surface area contributed by atoms with Gasteiger partial charge in [0.1, 0.15) is 36.2 Å². The Hall–Kier alpha value is -4.22. The summed E-state index contributed by atoms with van der Waals surface area (Å²) in [6.07, 6.45) is 9.55. The number of alkyl halides is 1. The topological polar surface area (TPSA) is 114 Å². The Kier molecular flexibility index (Phi) is 6.07. The Bertz CT molecular complexity index is 1420. The first-order valence-electron chi connectivity index (χ1n) is 12.3. The van der Waals surface area contributed by atoms with Gasteiger partial charge in [0.25, 0.3) is 0 Å². The standard InChI is InChI=1S/C25H27FN8O3/c1-15-6-9-36-25-18(13-29-33(25)2)23-27-8-5-21(31-23)30-22-11-20(37-15)17(12-28-22)19-14-34(16-3-4-16)32-24(19)35-10-7-26/h5,8,11-16H,3-4,6-7,9-10H2,1-2H3,(H,27,28,30,31)/t15-/m0/s1. The van der Waals surface area contributed by atoms with Gasteiger partial charge in [-0.05, 0) is 25.8 Å². The smallest absolute Gasteiger partial charge is 0.241 e. The SMILES string of the molecule is C[C@H]1CCOc2c(cnn2C)-c2nccc(n2)Nc2cc(c(-c3cn(C4CC4)nc3OCCF)cn2)O1. The fourth-order valence-corrected chi connectivity index (χ4v) is 4.17. The normalized spacial score (nSPS) is 17.1. The van der Waals surface area contributed by atoms with E-state index >= 15 is 0 Å². The number of pyridine rings is 1. The summed E-state index contributed by atoms with van der Waals surface area (Å²) >= 11 is 0. The van der Waals surface area contributed by atoms with E-state index in [9.17, 15) is 4.39 Å². The number of aryl methyl sites for hydroxylation is 1. The second-order valence-corrected chi connectivity index (χ2v) is 9.11. The van der Waals surface area contributed by atoms with E-state index in [4.69, 9.17) is 14.2 Å². The van der Waals surface area contributed by atoms with Gasteiger partial charge in [0.15, 0.2) is 5.82 Å². The van der Waals surface area contributed by atoms with E-state index in [1.807, 2.05) is 30.9 Å². The van der Waals surface area contributed by atoms with Crippen molar-refractivity contribution < 1.29 is 18.6 Å². The summed E-state index contributed by atoms with van der Waals surface area (Å²) in [5.41, 5.74) is 2.13. The van der Waals surface area contributed by atoms with Crippen LogP contribution in [0.4, 0.5) is 16.0 Å². The van der Waals surface area contributed by atoms with E-state index in [1.165, 1.54) is 0 Å². The summed E-state index contributed by atoms with van der Waals surface area (Å²) in [6.45, 7) is 1.72. The molecule has 0 radical (unpaired) electrons. The summed E-state index contributed by atoms with van der Waals surface area (Å²) in [5, 5.41) is 12.1. The van der Waals surface area contributed by atoms with Crippen LogP contribution in [0, 0.1) is 0 Å². The summed E-state index contributed by atoms with van der Waals surface area (Å²) < 4.78 is 34.6. The molecule has 0 aromatic carbocycles. The Morgan fingerprint density at radius 1 is 1.14 bits per heavy atom. The number of rotatable bonds is 5. The maximum Gasteiger partial charge on any atom is 0.241 e. The van der Waals surface area contributed by atoms with E-state index in [1.54, 1.807) is 29.3 Å². The largest absolute Gasteiger partial charge is 0.490 e. The van der Waals surface area contributed by atoms with Crippen molar-refractivity contribution in [1.82, 2.24) is 34.5 Å². The minimum absolute atomic E-state index is 0.0717. The van der Waals surface area contributed by atoms with Crippen molar-refractivity contribution in [2.24, 2.45) is 7.05 Å². The van der Waals surface area contributed by atoms with Crippen LogP contribution in [0.3, 0.4) is 0 Å². The molecule has 0 spiro atoms. The van der Waals surface area contributed by atoms with Crippen molar-refractivity contribution in [3.05, 3.63) is 36.9 Å². The van der Waals surface area contributed by atoms with Crippen molar-refractivity contribution in [1.29, 1.82) is 0 Å². The molecule has 11 nitrogen and oxygen atoms in total. The first-order chi connectivity index (χ1) is 18.1. The summed E-state index contributed by atoms with van der Waals surface area (Å²) in [6, 6.07) is 3.92. The van der Waals surface area contributed by atoms with Crippen molar-refractivity contribution in [2.75, 3.05) is 25.2 Å². The van der Waals surface area contributed by atoms with E-state index in [0.29, 0.717) is 70.7 Å². The van der Waals surface area contributed by atoms with Crippen molar-refractivity contribution in [3.8, 4) is 40.0 Å². The van der Waals surface area contributed by atoms with E-state index in [-0.39, 0.29) is 12.7 Å². The lowest BCUT2D eigenvalue weighted by atomic mass is 10.1. The number of nitrogens with zero attached hydrogens (tertiary/aromatic N) is 7. The lowest BCUT2D eigenvalue weighted by Crippen LogP contribution is -2.17. The van der Waals surface area contributed by atoms with Gasteiger partial charge in [0.05, 0.1) is 30.5 Å². The minimum atomic E-state index is -0.601. The molecule has 5 heterocycles. The van der Waals surface area contributed by atoms with Crippen LogP contribution < -0.4 is 19.5 Å². The van der Waals surface area contributed by atoms with Gasteiger partial charge in [-0.1, -0.05) is 0 Å². The highest BCUT2D eigenvalue weighted by Gasteiger charge is 2.28. The quantitative estimate of drug-likeness (QED) is 0.427. The van der Waals surface area contributed by atoms with E-state index < -0.39 is 6.67 Å². The molecule has 6 rings (SSSR count). The van der Waals surface area contributed by atoms with E-state index in [2.05, 4.69) is 30.5 Å². The number of hydrogen-bond donors (Lipinski definition) is 1. The average Bonchev–Trinajstić information content (AvgIpc) is 3.56. The molecular weight excluding hydrogens is 479 g/mol. The minimum Gasteiger partial charge on any atom is -0.490 e. The van der Waals surface area contributed by atoms with Gasteiger partial charge >= 0.3 is 0 Å². The molecule has 37 heavy (non-hydrogen) atoms. The summed E-state index contributed by atoms with van der Waals surface area (Å²) in [5.74, 6) is 3.15. The third kappa shape index (κ3) is 4.78. The first kappa shape index (κ1) is 23.2. The Labute approximate surface area is 212 Å². The van der Waals surface area contributed by atoms with Crippen LogP contribution in [0.2, 0.25) is 0 Å². The number of hydrogen-bond acceptors (Lipinski definition) is 9. The fourth-order valence-electron chi connectivity index (χ4n) is 4.17. The molecule has 192 valence electrons. The highest BCUT2D eigenvalue weighted by molar-refractivity contribution is 5.75. The molecular formula is C25H27FN8O3. The molecule has 4 aromatic heterocycles. The molecule has 0 unspecified atom stereocenters. The average molecular weight is 507 g/mol. The third-order valence-corrected chi connectivity index (χ3v) is 6.22. The van der Waals surface area contributed by atoms with Crippen molar-refractivity contribution in [2.45, 2.75) is 38.3 Å². The maximum atomic E-state index is 12.9. The van der Waals surface area contributed by atoms with Crippen LogP contribution in [0.1, 0.15) is 32.2 Å². The van der Waals surface area contributed by atoms with Crippen molar-refractivity contribution >= 4 is 11.6 Å². The summed E-state index contributed by atoms with van der Waals surface area (Å²) in [4.78, 5) is 13.7. The monoisotopic (exact) mass is 506 g/mol. The zero-order chi connectivity index (χ0) is 25.4. The first-order valence-corrected chi connectivity index (χ1v) is 12.3. The number of anilines is 2. The number of aromatic nitrogens is 7. The fraction of sp³-hybridized carbons (Fsp3) is 0.400. The van der Waals surface area contributed by atoms with Gasteiger partial charge in [0.2, 0.25) is 11.8 Å². The molecule has 1 aliphatic heterocycles. The molecule has 0 saturated heterocycles. The number of ether oxygens (including phenoxy) is 3. The van der Waals surface area contributed by atoms with Gasteiger partial charge in [-0.3, -0.25) is 4.68 Å². The second-order valence-electron chi connectivity index (χ2n) is 9.11. The predicted octanol–water partition coefficient (Wildman–Crippen LogP) is 4.11. The molecule has 2 aliphatic rings. The van der Waals surface area contributed by atoms with Crippen LogP contribution in [-0.2, 0) is 7.05 Å². The molecule has 1 atom stereocenters. The molecule has 4 aromatic rings. The zero-order valence-electron chi connectivity index (χ0n) is 20.6. The zero-order valence-corrected chi connectivity index (χ0v) is 20.6. The third-order valence-electron chi connectivity index (χ3n) is 6.22. The second kappa shape index (κ2) is 9.68. The van der Waals surface area contributed by atoms with Crippen LogP contribution in [0.5, 0.6) is 17.5 Å². The highest BCUT2D eigenvalue weighted by Crippen LogP contribution is 2.42. The molecule has 12 heteroatoms.